The van der Waals surface area contributed by atoms with Crippen LogP contribution in [0.3, 0.4) is 0 Å². The molecule has 124 heavy (non-hydrogen) atoms. The summed E-state index contributed by atoms with van der Waals surface area (Å²) < 4.78 is 10.1. The van der Waals surface area contributed by atoms with E-state index in [1.165, 1.54) is 268 Å². The molecular formula is C120H77N3S. The molecule has 0 radical (unpaired) electrons. The summed E-state index contributed by atoms with van der Waals surface area (Å²) in [4.78, 5) is 0. The number of hydrogen-bond donors (Lipinski definition) is 0. The van der Waals surface area contributed by atoms with Gasteiger partial charge >= 0.3 is 0 Å². The number of benzene rings is 20. The average Bonchev–Trinajstić information content (AvgIpc) is 1.54. The molecule has 4 heteroatoms. The van der Waals surface area contributed by atoms with Gasteiger partial charge in [-0.2, -0.15) is 0 Å². The second-order valence-electron chi connectivity index (χ2n) is 35.5. The number of thiophene rings is 1. The van der Waals surface area contributed by atoms with E-state index >= 15 is 0 Å². The van der Waals surface area contributed by atoms with E-state index in [9.17, 15) is 0 Å². The molecule has 0 N–H and O–H groups in total. The molecule has 3 nitrogen and oxygen atoms in total. The van der Waals surface area contributed by atoms with Gasteiger partial charge in [-0.1, -0.05) is 349 Å². The van der Waals surface area contributed by atoms with Crippen LogP contribution >= 0.6 is 11.3 Å². The van der Waals surface area contributed by atoms with Crippen LogP contribution in [0.25, 0.3) is 246 Å². The normalized spacial score (nSPS) is 13.5. The van der Waals surface area contributed by atoms with Gasteiger partial charge in [0.25, 0.3) is 0 Å². The lowest BCUT2D eigenvalue weighted by molar-refractivity contribution is 0.666. The zero-order chi connectivity index (χ0) is 81.7. The zero-order valence-electron chi connectivity index (χ0n) is 68.8. The van der Waals surface area contributed by atoms with Crippen LogP contribution in [0.5, 0.6) is 0 Å². The Morgan fingerprint density at radius 3 is 1.27 bits per heavy atom. The Bertz CT molecular complexity index is 8810. The first-order valence-electron chi connectivity index (χ1n) is 43.4. The van der Waals surface area contributed by atoms with Crippen LogP contribution in [0.1, 0.15) is 49.9 Å². The summed E-state index contributed by atoms with van der Waals surface area (Å²) in [6.07, 6.45) is 0. The molecule has 0 spiro atoms. The minimum Gasteiger partial charge on any atom is -0.309 e. The highest BCUT2D eigenvalue weighted by atomic mass is 32.1. The number of nitrogens with zero attached hydrogens (tertiary/aromatic N) is 3. The summed E-state index contributed by atoms with van der Waals surface area (Å²) in [6.45, 7) is 9.54. The van der Waals surface area contributed by atoms with Crippen molar-refractivity contribution in [1.82, 2.24) is 13.7 Å². The third-order valence-corrected chi connectivity index (χ3v) is 29.8. The Labute approximate surface area is 721 Å². The lowest BCUT2D eigenvalue weighted by atomic mass is 9.80. The summed E-state index contributed by atoms with van der Waals surface area (Å²) in [5.74, 6) is 0. The maximum Gasteiger partial charge on any atom is 0.0719 e. The Balaban J connectivity index is 0.0000000975. The number of para-hydroxylation sites is 3. The monoisotopic (exact) mass is 1590 g/mol. The van der Waals surface area contributed by atoms with Crippen LogP contribution in [-0.2, 0) is 10.8 Å². The van der Waals surface area contributed by atoms with Gasteiger partial charge in [0.2, 0.25) is 0 Å². The minimum absolute atomic E-state index is 0.0654. The Kier molecular flexibility index (Phi) is 14.4. The molecule has 0 unspecified atom stereocenters. The van der Waals surface area contributed by atoms with Crippen molar-refractivity contribution >= 4 is 129 Å². The van der Waals surface area contributed by atoms with E-state index in [-0.39, 0.29) is 10.8 Å². The predicted octanol–water partition coefficient (Wildman–Crippen LogP) is 33.1. The highest BCUT2D eigenvalue weighted by molar-refractivity contribution is 7.26. The van der Waals surface area contributed by atoms with Crippen molar-refractivity contribution in [3.63, 3.8) is 0 Å². The molecule has 5 aliphatic rings. The number of rotatable bonds is 5. The molecule has 4 heterocycles. The van der Waals surface area contributed by atoms with Gasteiger partial charge in [-0.15, -0.1) is 11.3 Å². The van der Waals surface area contributed by atoms with E-state index in [4.69, 9.17) is 0 Å². The third-order valence-electron chi connectivity index (χ3n) is 28.6. The van der Waals surface area contributed by atoms with Crippen LogP contribution in [0.2, 0.25) is 0 Å². The quantitative estimate of drug-likeness (QED) is 0.163. The Hall–Kier alpha value is -15.2. The fraction of sp³-hybridized carbons (Fsp3) is 0.0500. The third kappa shape index (κ3) is 9.50. The van der Waals surface area contributed by atoms with Crippen LogP contribution < -0.4 is 0 Å². The van der Waals surface area contributed by atoms with E-state index in [2.05, 4.69) is 436 Å². The van der Waals surface area contributed by atoms with Crippen molar-refractivity contribution in [2.75, 3.05) is 0 Å². The molecule has 0 fully saturated rings. The van der Waals surface area contributed by atoms with E-state index in [1.54, 1.807) is 0 Å². The number of hydrogen-bond acceptors (Lipinski definition) is 1. The predicted molar refractivity (Wildman–Crippen MR) is 527 cm³/mol. The largest absolute Gasteiger partial charge is 0.309 e. The number of fused-ring (bicyclic) bond motifs is 30. The molecule has 4 aromatic heterocycles. The van der Waals surface area contributed by atoms with Crippen molar-refractivity contribution in [3.8, 4) is 128 Å². The van der Waals surface area contributed by atoms with Crippen LogP contribution in [0, 0.1) is 0 Å². The summed E-state index contributed by atoms with van der Waals surface area (Å²) in [5.41, 5.74) is 43.3. The van der Waals surface area contributed by atoms with Crippen molar-refractivity contribution in [1.29, 1.82) is 0 Å². The zero-order valence-corrected chi connectivity index (χ0v) is 69.6. The van der Waals surface area contributed by atoms with Crippen molar-refractivity contribution in [2.24, 2.45) is 0 Å². The fourth-order valence-corrected chi connectivity index (χ4v) is 24.6. The van der Waals surface area contributed by atoms with Crippen molar-refractivity contribution in [3.05, 3.63) is 417 Å². The molecule has 578 valence electrons. The molecule has 0 aliphatic heterocycles. The topological polar surface area (TPSA) is 14.8 Å². The number of aromatic nitrogens is 3. The first kappa shape index (κ1) is 69.6. The van der Waals surface area contributed by atoms with Crippen LogP contribution in [0.15, 0.2) is 394 Å². The molecule has 29 rings (SSSR count). The first-order valence-corrected chi connectivity index (χ1v) is 44.3. The molecule has 5 aliphatic carbocycles. The minimum atomic E-state index is -0.0698. The molecule has 24 aromatic rings. The lowest BCUT2D eigenvalue weighted by Crippen LogP contribution is -2.15. The molecule has 20 aromatic carbocycles. The van der Waals surface area contributed by atoms with E-state index < -0.39 is 0 Å². The molecule has 0 amide bonds. The molecule has 0 atom stereocenters. The standard InChI is InChI=1S/C43H29N.C40H23NS.C37H25N/c1-43(2)37-16-7-5-12-31(37)35-24-25-39-41(42(35)43)36-13-6-8-17-38(36)44(39)27-20-18-26(19-21-27)28-22-23-34-30-11-4-3-10-29(30)33-15-9-14-32(28)40(33)34;1-3-16-36-29(12-1)33-20-21-34-30-13-2-4-17-37(30)42-40(34)39(33)41(36)27-11-5-10-25(22-27)26-18-19-28-31-14-6-8-24-9-7-15-32(38(24)31)35(28)23-26;1-37(2)30-16-7-5-12-24(30)27-19-21-33-35(36(27)37)29-13-6-8-17-31(29)38(33)32-20-18-26-23-11-4-3-10-22(23)25-14-9-15-28(32)34(25)26/h3-25H,1-2H3;1-23H;3-21H,1-2H3. The summed E-state index contributed by atoms with van der Waals surface area (Å²) in [5, 5.41) is 18.7. The highest BCUT2D eigenvalue weighted by Crippen LogP contribution is 2.59. The van der Waals surface area contributed by atoms with Crippen molar-refractivity contribution < 1.29 is 0 Å². The SMILES string of the molecule is CC1(C)c2ccccc2-c2ccc3c(c21)c1ccccc1n3-c1ccc(-c2ccc3c4c(cccc24)-c2ccccc2-3)cc1.CC1(C)c2ccccc2-c2ccc3c(c21)c1ccccc1n3-c1ccc2c3c(cccc13)-c1ccccc1-2.c1cc(-c2ccc3c(c2)-c2cccc4cccc-3c24)cc(-n2c3ccccc3c3ccc4c5ccccc5sc4c32)c1. The summed E-state index contributed by atoms with van der Waals surface area (Å²) in [6, 6.07) is 146. The smallest absolute Gasteiger partial charge is 0.0719 e. The molecular weight excluding hydrogens is 1520 g/mol. The van der Waals surface area contributed by atoms with E-state index in [0.29, 0.717) is 0 Å². The van der Waals surface area contributed by atoms with Gasteiger partial charge < -0.3 is 13.7 Å². The fourth-order valence-electron chi connectivity index (χ4n) is 23.3. The Morgan fingerprint density at radius 1 is 0.210 bits per heavy atom. The van der Waals surface area contributed by atoms with Gasteiger partial charge in [-0.25, -0.2) is 0 Å². The van der Waals surface area contributed by atoms with Crippen molar-refractivity contribution in [2.45, 2.75) is 38.5 Å². The van der Waals surface area contributed by atoms with Crippen LogP contribution in [0.4, 0.5) is 0 Å². The highest BCUT2D eigenvalue weighted by Gasteiger charge is 2.41. The van der Waals surface area contributed by atoms with Gasteiger partial charge in [0.15, 0.2) is 0 Å². The van der Waals surface area contributed by atoms with Gasteiger partial charge in [-0.05, 0) is 233 Å². The van der Waals surface area contributed by atoms with Gasteiger partial charge in [-0.3, -0.25) is 0 Å². The maximum atomic E-state index is 2.51. The second kappa shape index (κ2) is 25.7. The van der Waals surface area contributed by atoms with E-state index in [0.717, 1.165) is 0 Å². The molecule has 0 saturated heterocycles. The first-order chi connectivity index (χ1) is 61.1. The molecule has 0 bridgehead atoms. The van der Waals surface area contributed by atoms with Gasteiger partial charge in [0, 0.05) is 75.4 Å². The van der Waals surface area contributed by atoms with Crippen LogP contribution in [-0.4, -0.2) is 13.7 Å². The van der Waals surface area contributed by atoms with E-state index in [1.807, 2.05) is 11.3 Å². The Morgan fingerprint density at radius 2 is 0.629 bits per heavy atom. The second-order valence-corrected chi connectivity index (χ2v) is 36.6. The lowest BCUT2D eigenvalue weighted by Gasteiger charge is -2.22. The molecule has 0 saturated carbocycles. The van der Waals surface area contributed by atoms with Gasteiger partial charge in [0.1, 0.15) is 0 Å². The maximum absolute atomic E-state index is 2.51. The van der Waals surface area contributed by atoms with Gasteiger partial charge in [0.05, 0.1) is 43.5 Å². The summed E-state index contributed by atoms with van der Waals surface area (Å²) in [7, 11) is 0. The summed E-state index contributed by atoms with van der Waals surface area (Å²) >= 11 is 1.90. The average molecular weight is 1590 g/mol.